The first kappa shape index (κ1) is 18.9. The summed E-state index contributed by atoms with van der Waals surface area (Å²) in [6.07, 6.45) is 2.71. The quantitative estimate of drug-likeness (QED) is 0.764. The van der Waals surface area contributed by atoms with E-state index in [1.165, 1.54) is 6.20 Å². The summed E-state index contributed by atoms with van der Waals surface area (Å²) in [5, 5.41) is 0.0962. The van der Waals surface area contributed by atoms with Crippen molar-refractivity contribution in [2.75, 3.05) is 11.5 Å². The minimum absolute atomic E-state index is 0.0833. The molecule has 1 aliphatic heterocycles. The molecule has 0 bridgehead atoms. The van der Waals surface area contributed by atoms with Gasteiger partial charge in [-0.25, -0.2) is 14.8 Å². The molecule has 7 heteroatoms. The van der Waals surface area contributed by atoms with Crippen LogP contribution < -0.4 is 4.90 Å². The lowest BCUT2D eigenvalue weighted by molar-refractivity contribution is -0.0300. The summed E-state index contributed by atoms with van der Waals surface area (Å²) in [5.74, 6) is 0.697. The van der Waals surface area contributed by atoms with Gasteiger partial charge in [-0.05, 0) is 57.2 Å². The summed E-state index contributed by atoms with van der Waals surface area (Å²) in [4.78, 5) is 22.6. The van der Waals surface area contributed by atoms with Gasteiger partial charge in [0, 0.05) is 12.8 Å². The zero-order valence-corrected chi connectivity index (χ0v) is 15.7. The van der Waals surface area contributed by atoms with Gasteiger partial charge in [0.15, 0.2) is 0 Å². The molecule has 1 aliphatic rings. The first-order valence-corrected chi connectivity index (χ1v) is 8.69. The van der Waals surface area contributed by atoms with Crippen molar-refractivity contribution < 1.29 is 14.3 Å². The maximum absolute atomic E-state index is 12.9. The molecule has 0 saturated carbocycles. The highest BCUT2D eigenvalue weighted by Crippen LogP contribution is 2.30. The summed E-state index contributed by atoms with van der Waals surface area (Å²) in [5.41, 5.74) is -0.602. The fourth-order valence-electron chi connectivity index (χ4n) is 2.87. The van der Waals surface area contributed by atoms with Gasteiger partial charge in [-0.1, -0.05) is 13.8 Å². The van der Waals surface area contributed by atoms with Crippen LogP contribution in [0, 0.1) is 5.92 Å². The SMILES string of the molecule is CC(C)C1OCCCC1N(C(=O)OC(C)(C)C)c1ccnc(Cl)n1. The Hall–Kier alpha value is -1.40. The minimum atomic E-state index is -0.602. The van der Waals surface area contributed by atoms with Crippen molar-refractivity contribution in [1.82, 2.24) is 9.97 Å². The van der Waals surface area contributed by atoms with Crippen molar-refractivity contribution in [3.8, 4) is 0 Å². The monoisotopic (exact) mass is 355 g/mol. The fourth-order valence-corrected chi connectivity index (χ4v) is 3.01. The predicted molar refractivity (Wildman–Crippen MR) is 93.4 cm³/mol. The van der Waals surface area contributed by atoms with Crippen LogP contribution in [0.15, 0.2) is 12.3 Å². The molecule has 0 aromatic carbocycles. The van der Waals surface area contributed by atoms with E-state index < -0.39 is 11.7 Å². The van der Waals surface area contributed by atoms with Crippen LogP contribution in [0.5, 0.6) is 0 Å². The molecule has 1 fully saturated rings. The number of carbonyl (C=O) groups is 1. The molecule has 2 atom stereocenters. The molecular weight excluding hydrogens is 330 g/mol. The second-order valence-corrected chi connectivity index (χ2v) is 7.66. The lowest BCUT2D eigenvalue weighted by Crippen LogP contribution is -2.53. The van der Waals surface area contributed by atoms with Crippen LogP contribution in [0.3, 0.4) is 0 Å². The molecule has 24 heavy (non-hydrogen) atoms. The van der Waals surface area contributed by atoms with E-state index in [1.54, 1.807) is 11.0 Å². The van der Waals surface area contributed by atoms with Crippen LogP contribution >= 0.6 is 11.6 Å². The number of carbonyl (C=O) groups excluding carboxylic acids is 1. The zero-order valence-electron chi connectivity index (χ0n) is 15.0. The topological polar surface area (TPSA) is 64.5 Å². The van der Waals surface area contributed by atoms with Crippen LogP contribution in [-0.2, 0) is 9.47 Å². The Morgan fingerprint density at radius 3 is 2.75 bits per heavy atom. The Kier molecular flexibility index (Phi) is 6.04. The normalized spacial score (nSPS) is 21.6. The Morgan fingerprint density at radius 2 is 2.17 bits per heavy atom. The number of hydrogen-bond donors (Lipinski definition) is 0. The van der Waals surface area contributed by atoms with Gasteiger partial charge in [-0.2, -0.15) is 0 Å². The van der Waals surface area contributed by atoms with E-state index in [2.05, 4.69) is 23.8 Å². The van der Waals surface area contributed by atoms with Gasteiger partial charge in [0.1, 0.15) is 11.4 Å². The molecule has 1 aromatic rings. The maximum Gasteiger partial charge on any atom is 0.416 e. The van der Waals surface area contributed by atoms with E-state index in [0.717, 1.165) is 12.8 Å². The van der Waals surface area contributed by atoms with Gasteiger partial charge in [0.2, 0.25) is 5.28 Å². The number of amides is 1. The van der Waals surface area contributed by atoms with E-state index in [4.69, 9.17) is 21.1 Å². The third-order valence-corrected chi connectivity index (χ3v) is 3.95. The van der Waals surface area contributed by atoms with Gasteiger partial charge < -0.3 is 9.47 Å². The highest BCUT2D eigenvalue weighted by Gasteiger charge is 2.39. The molecule has 0 N–H and O–H groups in total. The molecule has 0 radical (unpaired) electrons. The highest BCUT2D eigenvalue weighted by molar-refractivity contribution is 6.28. The van der Waals surface area contributed by atoms with Gasteiger partial charge in [-0.15, -0.1) is 0 Å². The summed E-state index contributed by atoms with van der Waals surface area (Å²) in [6.45, 7) is 10.4. The maximum atomic E-state index is 12.9. The Morgan fingerprint density at radius 1 is 1.46 bits per heavy atom. The van der Waals surface area contributed by atoms with Gasteiger partial charge in [0.25, 0.3) is 0 Å². The largest absolute Gasteiger partial charge is 0.443 e. The molecule has 2 unspecified atom stereocenters. The van der Waals surface area contributed by atoms with Crippen LogP contribution in [0.25, 0.3) is 0 Å². The van der Waals surface area contributed by atoms with E-state index in [1.807, 2.05) is 20.8 Å². The van der Waals surface area contributed by atoms with E-state index in [-0.39, 0.29) is 23.3 Å². The first-order chi connectivity index (χ1) is 11.2. The van der Waals surface area contributed by atoms with Crippen molar-refractivity contribution in [3.63, 3.8) is 0 Å². The lowest BCUT2D eigenvalue weighted by atomic mass is 9.92. The first-order valence-electron chi connectivity index (χ1n) is 8.31. The van der Waals surface area contributed by atoms with Gasteiger partial charge in [-0.3, -0.25) is 4.90 Å². The Bertz CT molecular complexity index is 574. The molecule has 134 valence electrons. The Balaban J connectivity index is 2.39. The van der Waals surface area contributed by atoms with E-state index in [9.17, 15) is 4.79 Å². The molecule has 2 rings (SSSR count). The number of halogens is 1. The van der Waals surface area contributed by atoms with Crippen molar-refractivity contribution in [2.24, 2.45) is 5.92 Å². The van der Waals surface area contributed by atoms with Gasteiger partial charge in [0.05, 0.1) is 12.1 Å². The average Bonchev–Trinajstić information content (AvgIpc) is 2.46. The van der Waals surface area contributed by atoms with Crippen LogP contribution in [-0.4, -0.2) is 40.4 Å². The number of aromatic nitrogens is 2. The number of anilines is 1. The summed E-state index contributed by atoms with van der Waals surface area (Å²) >= 11 is 5.93. The number of nitrogens with zero attached hydrogens (tertiary/aromatic N) is 3. The fraction of sp³-hybridized carbons (Fsp3) is 0.706. The second kappa shape index (κ2) is 7.66. The van der Waals surface area contributed by atoms with Crippen LogP contribution in [0.1, 0.15) is 47.5 Å². The van der Waals surface area contributed by atoms with E-state index in [0.29, 0.717) is 12.4 Å². The molecule has 6 nitrogen and oxygen atoms in total. The highest BCUT2D eigenvalue weighted by atomic mass is 35.5. The number of rotatable bonds is 3. The summed E-state index contributed by atoms with van der Waals surface area (Å²) in [7, 11) is 0. The lowest BCUT2D eigenvalue weighted by Gasteiger charge is -2.41. The molecular formula is C17H26ClN3O3. The summed E-state index contributed by atoms with van der Waals surface area (Å²) < 4.78 is 11.5. The number of ether oxygens (including phenoxy) is 2. The van der Waals surface area contributed by atoms with Crippen molar-refractivity contribution in [2.45, 2.75) is 65.2 Å². The molecule has 0 aliphatic carbocycles. The van der Waals surface area contributed by atoms with Crippen molar-refractivity contribution >= 4 is 23.5 Å². The van der Waals surface area contributed by atoms with Crippen LogP contribution in [0.4, 0.5) is 10.6 Å². The molecule has 1 saturated heterocycles. The third kappa shape index (κ3) is 4.80. The Labute approximate surface area is 148 Å². The number of hydrogen-bond acceptors (Lipinski definition) is 5. The zero-order chi connectivity index (χ0) is 17.9. The molecule has 2 heterocycles. The average molecular weight is 356 g/mol. The van der Waals surface area contributed by atoms with E-state index >= 15 is 0 Å². The minimum Gasteiger partial charge on any atom is -0.443 e. The standard InChI is InChI=1S/C17H26ClN3O3/c1-11(2)14-12(7-6-10-23-14)21(16(22)24-17(3,4)5)13-8-9-19-15(18)20-13/h8-9,11-12,14H,6-7,10H2,1-5H3. The second-order valence-electron chi connectivity index (χ2n) is 7.32. The molecule has 1 aromatic heterocycles. The smallest absolute Gasteiger partial charge is 0.416 e. The summed E-state index contributed by atoms with van der Waals surface area (Å²) in [6, 6.07) is 1.52. The van der Waals surface area contributed by atoms with Crippen molar-refractivity contribution in [1.29, 1.82) is 0 Å². The third-order valence-electron chi connectivity index (χ3n) is 3.77. The van der Waals surface area contributed by atoms with Crippen LogP contribution in [0.2, 0.25) is 5.28 Å². The molecule has 0 spiro atoms. The van der Waals surface area contributed by atoms with Gasteiger partial charge >= 0.3 is 6.09 Å². The molecule has 1 amide bonds. The van der Waals surface area contributed by atoms with Crippen molar-refractivity contribution in [3.05, 3.63) is 17.5 Å². The predicted octanol–water partition coefficient (Wildman–Crippen LogP) is 4.08.